The van der Waals surface area contributed by atoms with Gasteiger partial charge in [-0.3, -0.25) is 4.79 Å². The zero-order valence-corrected chi connectivity index (χ0v) is 16.1. The van der Waals surface area contributed by atoms with Gasteiger partial charge in [-0.2, -0.15) is 10.5 Å². The molecule has 0 fully saturated rings. The van der Waals surface area contributed by atoms with Crippen LogP contribution in [0.25, 0.3) is 10.8 Å². The SMILES string of the molecule is N#CCNC(=O)C(Cc1ccc2ccccc2c1)NC(=O)Nc1ccc(C#N)cc1. The molecule has 30 heavy (non-hydrogen) atoms. The summed E-state index contributed by atoms with van der Waals surface area (Å²) in [5.74, 6) is -0.445. The number of nitrogens with zero attached hydrogens (tertiary/aromatic N) is 2. The summed E-state index contributed by atoms with van der Waals surface area (Å²) in [6.45, 7) is -0.147. The minimum atomic E-state index is -0.863. The van der Waals surface area contributed by atoms with E-state index in [1.54, 1.807) is 24.3 Å². The number of nitrogens with one attached hydrogen (secondary N) is 3. The molecule has 0 heterocycles. The molecule has 7 heteroatoms. The van der Waals surface area contributed by atoms with Crippen LogP contribution in [-0.2, 0) is 11.2 Å². The minimum absolute atomic E-state index is 0.147. The number of carbonyl (C=O) groups is 2. The first-order valence-corrected chi connectivity index (χ1v) is 9.29. The Morgan fingerprint density at radius 2 is 1.67 bits per heavy atom. The number of amides is 3. The van der Waals surface area contributed by atoms with E-state index in [9.17, 15) is 9.59 Å². The highest BCUT2D eigenvalue weighted by Crippen LogP contribution is 2.17. The Balaban J connectivity index is 1.73. The van der Waals surface area contributed by atoms with Gasteiger partial charge in [0.25, 0.3) is 0 Å². The molecule has 3 aromatic rings. The van der Waals surface area contributed by atoms with Gasteiger partial charge < -0.3 is 16.0 Å². The molecule has 3 amide bonds. The summed E-state index contributed by atoms with van der Waals surface area (Å²) in [6.07, 6.45) is 0.267. The van der Waals surface area contributed by atoms with Crippen molar-refractivity contribution in [3.05, 3.63) is 77.9 Å². The molecule has 3 rings (SSSR count). The summed E-state index contributed by atoms with van der Waals surface area (Å²) in [4.78, 5) is 24.9. The van der Waals surface area contributed by atoms with Crippen molar-refractivity contribution in [2.24, 2.45) is 0 Å². The van der Waals surface area contributed by atoms with Gasteiger partial charge >= 0.3 is 6.03 Å². The third-order valence-corrected chi connectivity index (χ3v) is 4.49. The summed E-state index contributed by atoms with van der Waals surface area (Å²) >= 11 is 0. The van der Waals surface area contributed by atoms with Gasteiger partial charge in [-0.15, -0.1) is 0 Å². The maximum Gasteiger partial charge on any atom is 0.319 e. The summed E-state index contributed by atoms with van der Waals surface area (Å²) < 4.78 is 0. The molecule has 0 aliphatic carbocycles. The van der Waals surface area contributed by atoms with E-state index in [0.29, 0.717) is 11.3 Å². The van der Waals surface area contributed by atoms with Crippen molar-refractivity contribution in [2.75, 3.05) is 11.9 Å². The Bertz CT molecular complexity index is 1140. The van der Waals surface area contributed by atoms with Gasteiger partial charge in [0.15, 0.2) is 0 Å². The quantitative estimate of drug-likeness (QED) is 0.554. The zero-order chi connectivity index (χ0) is 21.3. The summed E-state index contributed by atoms with van der Waals surface area (Å²) in [7, 11) is 0. The fourth-order valence-corrected chi connectivity index (χ4v) is 3.01. The van der Waals surface area contributed by atoms with Gasteiger partial charge in [0, 0.05) is 12.1 Å². The van der Waals surface area contributed by atoms with Crippen LogP contribution in [0.3, 0.4) is 0 Å². The second-order valence-corrected chi connectivity index (χ2v) is 6.60. The van der Waals surface area contributed by atoms with Crippen LogP contribution in [0.2, 0.25) is 0 Å². The van der Waals surface area contributed by atoms with E-state index in [1.165, 1.54) is 0 Å². The van der Waals surface area contributed by atoms with Crippen LogP contribution in [0.15, 0.2) is 66.7 Å². The highest BCUT2D eigenvalue weighted by Gasteiger charge is 2.21. The number of rotatable bonds is 6. The number of fused-ring (bicyclic) bond motifs is 1. The van der Waals surface area contributed by atoms with E-state index >= 15 is 0 Å². The van der Waals surface area contributed by atoms with Crippen molar-refractivity contribution < 1.29 is 9.59 Å². The van der Waals surface area contributed by atoms with Gasteiger partial charge in [0.1, 0.15) is 12.6 Å². The van der Waals surface area contributed by atoms with Gasteiger partial charge in [-0.05, 0) is 40.6 Å². The number of hydrogen-bond acceptors (Lipinski definition) is 4. The van der Waals surface area contributed by atoms with Crippen molar-refractivity contribution in [2.45, 2.75) is 12.5 Å². The molecule has 0 saturated heterocycles. The lowest BCUT2D eigenvalue weighted by Gasteiger charge is -2.18. The second kappa shape index (κ2) is 9.72. The summed E-state index contributed by atoms with van der Waals surface area (Å²) in [6, 6.07) is 22.5. The molecule has 0 bridgehead atoms. The average molecular weight is 397 g/mol. The topological polar surface area (TPSA) is 118 Å². The fraction of sp³-hybridized carbons (Fsp3) is 0.130. The minimum Gasteiger partial charge on any atom is -0.341 e. The van der Waals surface area contributed by atoms with Crippen LogP contribution in [-0.4, -0.2) is 24.5 Å². The van der Waals surface area contributed by atoms with E-state index in [4.69, 9.17) is 10.5 Å². The second-order valence-electron chi connectivity index (χ2n) is 6.60. The van der Waals surface area contributed by atoms with E-state index < -0.39 is 18.0 Å². The van der Waals surface area contributed by atoms with Crippen LogP contribution in [0.5, 0.6) is 0 Å². The number of nitriles is 2. The maximum atomic E-state index is 12.5. The standard InChI is InChI=1S/C23H19N5O2/c24-11-12-26-22(29)21(14-17-5-8-18-3-1-2-4-19(18)13-17)28-23(30)27-20-9-6-16(15-25)7-10-20/h1-10,13,21H,12,14H2,(H,26,29)(H2,27,28,30). The summed E-state index contributed by atoms with van der Waals surface area (Å²) in [5.41, 5.74) is 1.85. The lowest BCUT2D eigenvalue weighted by molar-refractivity contribution is -0.122. The molecule has 0 aliphatic heterocycles. The average Bonchev–Trinajstić information content (AvgIpc) is 2.77. The first-order chi connectivity index (χ1) is 14.6. The highest BCUT2D eigenvalue weighted by atomic mass is 16.2. The van der Waals surface area contributed by atoms with Crippen LogP contribution in [0, 0.1) is 22.7 Å². The predicted octanol–water partition coefficient (Wildman–Crippen LogP) is 3.08. The zero-order valence-electron chi connectivity index (χ0n) is 16.1. The van der Waals surface area contributed by atoms with Gasteiger partial charge in [-0.1, -0.05) is 42.5 Å². The Labute approximate surface area is 173 Å². The van der Waals surface area contributed by atoms with E-state index in [2.05, 4.69) is 16.0 Å². The van der Waals surface area contributed by atoms with Crippen LogP contribution in [0.1, 0.15) is 11.1 Å². The van der Waals surface area contributed by atoms with Crippen molar-refractivity contribution >= 4 is 28.4 Å². The number of urea groups is 1. The Hall–Kier alpha value is -4.36. The van der Waals surface area contributed by atoms with E-state index in [0.717, 1.165) is 16.3 Å². The molecule has 3 aromatic carbocycles. The van der Waals surface area contributed by atoms with Crippen molar-refractivity contribution in [1.29, 1.82) is 10.5 Å². The van der Waals surface area contributed by atoms with Crippen molar-refractivity contribution in [1.82, 2.24) is 10.6 Å². The van der Waals surface area contributed by atoms with Crippen LogP contribution in [0.4, 0.5) is 10.5 Å². The molecular weight excluding hydrogens is 378 g/mol. The molecule has 0 radical (unpaired) electrons. The largest absolute Gasteiger partial charge is 0.341 e. The van der Waals surface area contributed by atoms with Gasteiger partial charge in [0.2, 0.25) is 5.91 Å². The first kappa shape index (κ1) is 20.4. The highest BCUT2D eigenvalue weighted by molar-refractivity contribution is 5.94. The Morgan fingerprint density at radius 3 is 2.37 bits per heavy atom. The molecule has 0 saturated carbocycles. The molecule has 3 N–H and O–H groups in total. The number of hydrogen-bond donors (Lipinski definition) is 3. The number of benzene rings is 3. The number of anilines is 1. The normalized spacial score (nSPS) is 11.0. The molecule has 148 valence electrons. The third-order valence-electron chi connectivity index (χ3n) is 4.49. The molecule has 1 unspecified atom stereocenters. The van der Waals surface area contributed by atoms with Crippen molar-refractivity contribution in [3.63, 3.8) is 0 Å². The number of carbonyl (C=O) groups excluding carboxylic acids is 2. The van der Waals surface area contributed by atoms with E-state index in [-0.39, 0.29) is 13.0 Å². The predicted molar refractivity (Wildman–Crippen MR) is 113 cm³/mol. The Kier molecular flexibility index (Phi) is 6.60. The lowest BCUT2D eigenvalue weighted by Crippen LogP contribution is -2.49. The van der Waals surface area contributed by atoms with Crippen LogP contribution >= 0.6 is 0 Å². The van der Waals surface area contributed by atoms with Crippen molar-refractivity contribution in [3.8, 4) is 12.1 Å². The monoisotopic (exact) mass is 397 g/mol. The molecule has 0 aromatic heterocycles. The Morgan fingerprint density at radius 1 is 0.933 bits per heavy atom. The van der Waals surface area contributed by atoms with Crippen LogP contribution < -0.4 is 16.0 Å². The molecule has 7 nitrogen and oxygen atoms in total. The first-order valence-electron chi connectivity index (χ1n) is 9.29. The molecular formula is C23H19N5O2. The van der Waals surface area contributed by atoms with E-state index in [1.807, 2.05) is 54.6 Å². The smallest absolute Gasteiger partial charge is 0.319 e. The molecule has 0 aliphatic rings. The molecule has 1 atom stereocenters. The van der Waals surface area contributed by atoms with Gasteiger partial charge in [-0.25, -0.2) is 4.79 Å². The maximum absolute atomic E-state index is 12.5. The summed E-state index contributed by atoms with van der Waals surface area (Å²) in [5, 5.41) is 27.5. The fourth-order valence-electron chi connectivity index (χ4n) is 3.01. The lowest BCUT2D eigenvalue weighted by atomic mass is 10.0. The molecule has 0 spiro atoms. The van der Waals surface area contributed by atoms with Gasteiger partial charge in [0.05, 0.1) is 17.7 Å². The third kappa shape index (κ3) is 5.34.